The number of nitrogens with zero attached hydrogens (tertiary/aromatic N) is 2. The highest BCUT2D eigenvalue weighted by Gasteiger charge is 2.12. The van der Waals surface area contributed by atoms with Gasteiger partial charge in [-0.3, -0.25) is 0 Å². The molecule has 0 atom stereocenters. The maximum atomic E-state index is 3.75. The lowest BCUT2D eigenvalue weighted by molar-refractivity contribution is 0.155. The molecule has 17 heavy (non-hydrogen) atoms. The van der Waals surface area contributed by atoms with Crippen molar-refractivity contribution in [3.05, 3.63) is 36.0 Å². The van der Waals surface area contributed by atoms with Gasteiger partial charge in [-0.1, -0.05) is 36.0 Å². The Hall–Kier alpha value is -0.860. The highest BCUT2D eigenvalue weighted by atomic mass is 15.2. The first-order valence-electron chi connectivity index (χ1n) is 6.49. The minimum absolute atomic E-state index is 1.17. The summed E-state index contributed by atoms with van der Waals surface area (Å²) in [5, 5.41) is 0. The average Bonchev–Trinajstić information content (AvgIpc) is 2.35. The Morgan fingerprint density at radius 2 is 1.76 bits per heavy atom. The summed E-state index contributed by atoms with van der Waals surface area (Å²) in [6.07, 6.45) is 7.42. The van der Waals surface area contributed by atoms with Crippen molar-refractivity contribution >= 4 is 0 Å². The molecule has 0 spiro atoms. The first kappa shape index (κ1) is 14.2. The Bertz CT molecular complexity index is 294. The molecule has 1 fully saturated rings. The molecule has 0 saturated carbocycles. The van der Waals surface area contributed by atoms with E-state index in [0.29, 0.717) is 0 Å². The van der Waals surface area contributed by atoms with Crippen LogP contribution in [0, 0.1) is 0 Å². The van der Waals surface area contributed by atoms with Crippen LogP contribution in [0.4, 0.5) is 0 Å². The molecule has 0 aliphatic carbocycles. The molecule has 1 aliphatic rings. The van der Waals surface area contributed by atoms with Crippen LogP contribution in [-0.4, -0.2) is 49.6 Å². The lowest BCUT2D eigenvalue weighted by atomic mass is 10.1. The lowest BCUT2D eigenvalue weighted by Crippen LogP contribution is -2.44. The van der Waals surface area contributed by atoms with Gasteiger partial charge in [0.1, 0.15) is 0 Å². The smallest absolute Gasteiger partial charge is 0.0110 e. The summed E-state index contributed by atoms with van der Waals surface area (Å²) in [5.41, 5.74) is 2.68. The Kier molecular flexibility index (Phi) is 6.23. The van der Waals surface area contributed by atoms with E-state index in [4.69, 9.17) is 0 Å². The second-order valence-corrected chi connectivity index (χ2v) is 5.02. The predicted octanol–water partition coefficient (Wildman–Crippen LogP) is 2.70. The minimum atomic E-state index is 1.17. The van der Waals surface area contributed by atoms with Crippen LogP contribution in [0.1, 0.15) is 20.3 Å². The van der Waals surface area contributed by atoms with Gasteiger partial charge in [-0.05, 0) is 27.3 Å². The van der Waals surface area contributed by atoms with Gasteiger partial charge in [0.05, 0.1) is 0 Å². The summed E-state index contributed by atoms with van der Waals surface area (Å²) < 4.78 is 0. The highest BCUT2D eigenvalue weighted by Crippen LogP contribution is 2.06. The third-order valence-corrected chi connectivity index (χ3v) is 3.37. The normalized spacial score (nSPS) is 20.6. The van der Waals surface area contributed by atoms with Crippen LogP contribution >= 0.6 is 0 Å². The van der Waals surface area contributed by atoms with Crippen molar-refractivity contribution in [1.29, 1.82) is 0 Å². The summed E-state index contributed by atoms with van der Waals surface area (Å²) in [7, 11) is 2.20. The zero-order chi connectivity index (χ0) is 12.7. The van der Waals surface area contributed by atoms with Gasteiger partial charge in [-0.25, -0.2) is 0 Å². The van der Waals surface area contributed by atoms with Crippen LogP contribution in [0.15, 0.2) is 36.0 Å². The molecule has 0 radical (unpaired) electrons. The second-order valence-electron chi connectivity index (χ2n) is 5.02. The van der Waals surface area contributed by atoms with E-state index in [2.05, 4.69) is 49.4 Å². The van der Waals surface area contributed by atoms with Crippen LogP contribution in [0.2, 0.25) is 0 Å². The van der Waals surface area contributed by atoms with Crippen molar-refractivity contribution in [3.8, 4) is 0 Å². The van der Waals surface area contributed by atoms with Gasteiger partial charge in [0.25, 0.3) is 0 Å². The van der Waals surface area contributed by atoms with E-state index in [1.54, 1.807) is 0 Å². The van der Waals surface area contributed by atoms with Crippen LogP contribution in [0.5, 0.6) is 0 Å². The molecular formula is C15H26N2. The SMILES string of the molecule is C=C/C(C)=C\C=C(/C)CCN1CCN(C)CC1. The lowest BCUT2D eigenvalue weighted by Gasteiger charge is -2.32. The fraction of sp³-hybridized carbons (Fsp3) is 0.600. The molecule has 0 unspecified atom stereocenters. The fourth-order valence-electron chi connectivity index (χ4n) is 1.83. The number of likely N-dealkylation sites (N-methyl/N-ethyl adjacent to an activating group) is 1. The Morgan fingerprint density at radius 3 is 2.35 bits per heavy atom. The third kappa shape index (κ3) is 5.85. The van der Waals surface area contributed by atoms with Gasteiger partial charge >= 0.3 is 0 Å². The third-order valence-electron chi connectivity index (χ3n) is 3.37. The molecule has 1 saturated heterocycles. The Labute approximate surface area is 106 Å². The van der Waals surface area contributed by atoms with Crippen LogP contribution in [-0.2, 0) is 0 Å². The molecule has 2 nitrogen and oxygen atoms in total. The first-order valence-corrected chi connectivity index (χ1v) is 6.49. The van der Waals surface area contributed by atoms with E-state index in [-0.39, 0.29) is 0 Å². The van der Waals surface area contributed by atoms with Gasteiger partial charge in [0.2, 0.25) is 0 Å². The molecule has 0 amide bonds. The maximum absolute atomic E-state index is 3.75. The fourth-order valence-corrected chi connectivity index (χ4v) is 1.83. The minimum Gasteiger partial charge on any atom is -0.304 e. The molecule has 0 aromatic rings. The molecule has 1 aliphatic heterocycles. The van der Waals surface area contributed by atoms with Crippen molar-refractivity contribution in [1.82, 2.24) is 9.80 Å². The molecule has 1 rings (SSSR count). The second kappa shape index (κ2) is 7.46. The Morgan fingerprint density at radius 1 is 1.12 bits per heavy atom. The van der Waals surface area contributed by atoms with Gasteiger partial charge in [0.15, 0.2) is 0 Å². The molecule has 0 aromatic heterocycles. The van der Waals surface area contributed by atoms with Crippen LogP contribution in [0.25, 0.3) is 0 Å². The molecule has 0 N–H and O–H groups in total. The molecule has 96 valence electrons. The number of hydrogen-bond donors (Lipinski definition) is 0. The average molecular weight is 234 g/mol. The molecule has 2 heteroatoms. The van der Waals surface area contributed by atoms with Gasteiger partial charge in [-0.2, -0.15) is 0 Å². The van der Waals surface area contributed by atoms with Crippen molar-refractivity contribution in [2.75, 3.05) is 39.8 Å². The van der Waals surface area contributed by atoms with E-state index in [1.807, 2.05) is 6.08 Å². The molecular weight excluding hydrogens is 208 g/mol. The van der Waals surface area contributed by atoms with E-state index >= 15 is 0 Å². The zero-order valence-electron chi connectivity index (χ0n) is 11.6. The first-order chi connectivity index (χ1) is 8.11. The van der Waals surface area contributed by atoms with Gasteiger partial charge in [-0.15, -0.1) is 0 Å². The largest absolute Gasteiger partial charge is 0.304 e. The number of rotatable bonds is 5. The van der Waals surface area contributed by atoms with Crippen molar-refractivity contribution < 1.29 is 0 Å². The van der Waals surface area contributed by atoms with E-state index < -0.39 is 0 Å². The Balaban J connectivity index is 2.28. The zero-order valence-corrected chi connectivity index (χ0v) is 11.6. The molecule has 0 bridgehead atoms. The number of hydrogen-bond acceptors (Lipinski definition) is 2. The topological polar surface area (TPSA) is 6.48 Å². The number of piperazine rings is 1. The summed E-state index contributed by atoms with van der Waals surface area (Å²) in [6.45, 7) is 14.1. The van der Waals surface area contributed by atoms with E-state index in [1.165, 1.54) is 50.3 Å². The van der Waals surface area contributed by atoms with Crippen LogP contribution < -0.4 is 0 Å². The maximum Gasteiger partial charge on any atom is 0.0110 e. The van der Waals surface area contributed by atoms with Crippen molar-refractivity contribution in [3.63, 3.8) is 0 Å². The molecule has 0 aromatic carbocycles. The summed E-state index contributed by atoms with van der Waals surface area (Å²) in [4.78, 5) is 4.96. The standard InChI is InChI=1S/C15H26N2/c1-5-14(2)6-7-15(3)8-9-17-12-10-16(4)11-13-17/h5-7H,1,8-13H2,2-4H3/b14-6-,15-7+. The monoisotopic (exact) mass is 234 g/mol. The summed E-state index contributed by atoms with van der Waals surface area (Å²) in [5.74, 6) is 0. The quantitative estimate of drug-likeness (QED) is 0.675. The molecule has 1 heterocycles. The van der Waals surface area contributed by atoms with Gasteiger partial charge < -0.3 is 9.80 Å². The highest BCUT2D eigenvalue weighted by molar-refractivity contribution is 5.22. The van der Waals surface area contributed by atoms with E-state index in [0.717, 1.165) is 0 Å². The van der Waals surface area contributed by atoms with Gasteiger partial charge in [0, 0.05) is 32.7 Å². The van der Waals surface area contributed by atoms with Crippen molar-refractivity contribution in [2.24, 2.45) is 0 Å². The van der Waals surface area contributed by atoms with E-state index in [9.17, 15) is 0 Å². The summed E-state index contributed by atoms with van der Waals surface area (Å²) >= 11 is 0. The van der Waals surface area contributed by atoms with Crippen LogP contribution in [0.3, 0.4) is 0 Å². The summed E-state index contributed by atoms with van der Waals surface area (Å²) in [6, 6.07) is 0. The predicted molar refractivity (Wildman–Crippen MR) is 76.3 cm³/mol. The van der Waals surface area contributed by atoms with Crippen molar-refractivity contribution in [2.45, 2.75) is 20.3 Å². The number of allylic oxidation sites excluding steroid dienone is 4.